The molecule has 102 heavy (non-hydrogen) atoms. The minimum absolute atomic E-state index is 0.0448. The van der Waals surface area contributed by atoms with Gasteiger partial charge in [-0.1, -0.05) is 235 Å². The van der Waals surface area contributed by atoms with E-state index in [0.717, 1.165) is 83.6 Å². The summed E-state index contributed by atoms with van der Waals surface area (Å²) < 4.78 is 9.45. The summed E-state index contributed by atoms with van der Waals surface area (Å²) in [6.07, 6.45) is 0. The van der Waals surface area contributed by atoms with Gasteiger partial charge in [0.15, 0.2) is 15.4 Å². The van der Waals surface area contributed by atoms with Crippen LogP contribution in [0.15, 0.2) is 243 Å². The summed E-state index contributed by atoms with van der Waals surface area (Å²) >= 11 is 46.2. The summed E-state index contributed by atoms with van der Waals surface area (Å²) in [6.45, 7) is 18.9. The van der Waals surface area contributed by atoms with Gasteiger partial charge in [0.05, 0.1) is 41.9 Å². The van der Waals surface area contributed by atoms with E-state index in [1.54, 1.807) is 0 Å². The molecular formula is C78H72Br4Cl4N8O5S3. The molecule has 2 saturated heterocycles. The van der Waals surface area contributed by atoms with Gasteiger partial charge < -0.3 is 40.9 Å². The summed E-state index contributed by atoms with van der Waals surface area (Å²) in [7, 11) is 0. The van der Waals surface area contributed by atoms with E-state index in [2.05, 4.69) is 166 Å². The monoisotopic (exact) mass is 1750 g/mol. The van der Waals surface area contributed by atoms with E-state index in [1.165, 1.54) is 29.1 Å². The van der Waals surface area contributed by atoms with Crippen LogP contribution in [-0.2, 0) is 36.5 Å². The van der Waals surface area contributed by atoms with E-state index in [9.17, 15) is 19.5 Å². The third-order valence-electron chi connectivity index (χ3n) is 18.7. The molecule has 6 heterocycles. The molecule has 5 N–H and O–H groups in total. The molecule has 0 aliphatic carbocycles. The number of carbonyl (C=O) groups is 3. The van der Waals surface area contributed by atoms with E-state index in [-0.39, 0.29) is 53.5 Å². The number of esters is 1. The van der Waals surface area contributed by atoms with Crippen LogP contribution in [0.25, 0.3) is 0 Å². The number of thioether (sulfide) groups is 2. The second-order valence-corrected chi connectivity index (χ2v) is 34.1. The Hall–Kier alpha value is -6.14. The van der Waals surface area contributed by atoms with Gasteiger partial charge in [0, 0.05) is 49.4 Å². The number of halogens is 8. The van der Waals surface area contributed by atoms with Crippen molar-refractivity contribution >= 4 is 179 Å². The number of amides is 2. The molecule has 0 radical (unpaired) electrons. The highest BCUT2D eigenvalue weighted by Gasteiger charge is 2.55. The molecule has 0 saturated carbocycles. The number of carbonyl (C=O) groups excluding carboxylic acids is 2. The van der Waals surface area contributed by atoms with E-state index in [4.69, 9.17) is 73.3 Å². The van der Waals surface area contributed by atoms with E-state index in [0.29, 0.717) is 36.6 Å². The number of benzene rings is 8. The predicted octanol–water partition coefficient (Wildman–Crippen LogP) is 22.2. The highest BCUT2D eigenvalue weighted by Crippen LogP contribution is 2.58. The number of carboxylic acids is 1. The molecule has 8 aromatic rings. The molecule has 6 aliphatic rings. The number of hydrogen-bond donors (Lipinski definition) is 5. The first-order chi connectivity index (χ1) is 48.5. The standard InChI is InChI=1S/C24H24BrClN2O2S.C22H20BrClN2O2S.C16H14BrClN2O.C16H14BrClN2S/c1-5-30-22(29)20-19(14(2)3)28-21(15-6-12-18(26)13-7-15)24(4,27-23(28)31-20)16-8-10-17(25)11-9-16;1-12(2)17-18(20(27)28)29-21-25-22(3,14-6-8-15(23)9-7-14)19(26(17)21)13-4-10-16(24)11-5-13;2*1-16(11-4-6-12(17)7-5-11)14(19-15(21)20-16)10-2-8-13(18)9-3-10/h6-14,21H,5H2,1-4H3;4-12,19H,1-3H3,(H,27,28);2*2-9,14H,1H3,(H2,19,20,21). The first-order valence-electron chi connectivity index (χ1n) is 32.7. The molecule has 0 bridgehead atoms. The second-order valence-electron chi connectivity index (χ2n) is 26.3. The van der Waals surface area contributed by atoms with Crippen molar-refractivity contribution in [1.82, 2.24) is 31.1 Å². The molecule has 24 heteroatoms. The van der Waals surface area contributed by atoms with E-state index < -0.39 is 22.6 Å². The van der Waals surface area contributed by atoms with Crippen LogP contribution in [0.4, 0.5) is 4.79 Å². The molecule has 8 unspecified atom stereocenters. The quantitative estimate of drug-likeness (QED) is 0.0550. The average molecular weight is 1760 g/mol. The zero-order chi connectivity index (χ0) is 73.3. The molecule has 0 spiro atoms. The minimum Gasteiger partial charge on any atom is -0.477 e. The Morgan fingerprint density at radius 2 is 0.814 bits per heavy atom. The molecule has 14 rings (SSSR count). The van der Waals surface area contributed by atoms with Gasteiger partial charge in [-0.05, 0) is 224 Å². The Balaban J connectivity index is 0.000000139. The smallest absolute Gasteiger partial charge is 0.346 e. The van der Waals surface area contributed by atoms with Crippen molar-refractivity contribution in [2.75, 3.05) is 6.61 Å². The first kappa shape index (κ1) is 77.0. The van der Waals surface area contributed by atoms with Crippen LogP contribution in [0, 0.1) is 11.8 Å². The van der Waals surface area contributed by atoms with Crippen molar-refractivity contribution in [1.29, 1.82) is 0 Å². The maximum Gasteiger partial charge on any atom is 0.346 e. The Kier molecular flexibility index (Phi) is 24.1. The maximum absolute atomic E-state index is 12.7. The molecule has 0 aromatic heterocycles. The van der Waals surface area contributed by atoms with Crippen LogP contribution >= 0.6 is 146 Å². The van der Waals surface area contributed by atoms with Gasteiger partial charge in [0.2, 0.25) is 0 Å². The molecule has 528 valence electrons. The van der Waals surface area contributed by atoms with Gasteiger partial charge >= 0.3 is 18.0 Å². The number of aliphatic imine (C=N–C) groups is 2. The van der Waals surface area contributed by atoms with Gasteiger partial charge in [0.25, 0.3) is 0 Å². The molecule has 8 atom stereocenters. The van der Waals surface area contributed by atoms with E-state index >= 15 is 0 Å². The fourth-order valence-electron chi connectivity index (χ4n) is 13.8. The minimum atomic E-state index is -0.906. The van der Waals surface area contributed by atoms with Crippen LogP contribution in [0.5, 0.6) is 0 Å². The number of rotatable bonds is 13. The van der Waals surface area contributed by atoms with Crippen molar-refractivity contribution in [2.24, 2.45) is 21.8 Å². The molecule has 13 nitrogen and oxygen atoms in total. The lowest BCUT2D eigenvalue weighted by molar-refractivity contribution is -0.137. The number of fused-ring (bicyclic) bond motifs is 2. The summed E-state index contributed by atoms with van der Waals surface area (Å²) in [5.41, 5.74) is 8.57. The number of amidine groups is 2. The zero-order valence-corrected chi connectivity index (χ0v) is 68.6. The Labute approximate surface area is 663 Å². The number of carboxylic acid groups (broad SMARTS) is 1. The number of ether oxygens (including phenoxy) is 1. The van der Waals surface area contributed by atoms with Gasteiger partial charge in [-0.2, -0.15) is 0 Å². The number of nitrogens with zero attached hydrogens (tertiary/aromatic N) is 4. The van der Waals surface area contributed by atoms with Crippen LogP contribution in [0.3, 0.4) is 0 Å². The fourth-order valence-corrected chi connectivity index (χ4v) is 18.2. The average Bonchev–Trinajstić information content (AvgIpc) is 1.56. The lowest BCUT2D eigenvalue weighted by atomic mass is 9.81. The summed E-state index contributed by atoms with van der Waals surface area (Å²) in [5, 5.41) is 27.6. The predicted molar refractivity (Wildman–Crippen MR) is 435 cm³/mol. The number of nitrogens with one attached hydrogen (secondary N) is 4. The number of hydrogen-bond acceptors (Lipinski definition) is 11. The van der Waals surface area contributed by atoms with Crippen LogP contribution in [0.1, 0.15) is 131 Å². The number of urea groups is 1. The Morgan fingerprint density at radius 1 is 0.500 bits per heavy atom. The van der Waals surface area contributed by atoms with Crippen LogP contribution in [0.2, 0.25) is 20.1 Å². The highest BCUT2D eigenvalue weighted by atomic mass is 79.9. The summed E-state index contributed by atoms with van der Waals surface area (Å²) in [6, 6.07) is 63.3. The number of aliphatic carboxylic acids is 1. The van der Waals surface area contributed by atoms with Gasteiger partial charge in [-0.25, -0.2) is 24.4 Å². The lowest BCUT2D eigenvalue weighted by Crippen LogP contribution is -2.39. The summed E-state index contributed by atoms with van der Waals surface area (Å²) in [4.78, 5) is 52.2. The molecule has 8 aromatic carbocycles. The SMILES string of the molecule is CC(C)C1=C(C(=O)O)SC2=NC(C)(c3ccc(Br)cc3)C(c3ccc(Cl)cc3)N21.CC1(c2ccc(Br)cc2)NC(=O)NC1c1ccc(Cl)cc1.CC1(c2ccc(Br)cc2)NC(=S)NC1c1ccc(Cl)cc1.CCOC(=O)C1=C(C(C)C)N2C(=NC(C)(c3ccc(Br)cc3)C2c2ccc(Cl)cc2)S1. The van der Waals surface area contributed by atoms with Gasteiger partial charge in [-0.3, -0.25) is 0 Å². The fraction of sp³-hybridized carbons (Fsp3) is 0.256. The second kappa shape index (κ2) is 31.9. The topological polar surface area (TPSA) is 160 Å². The lowest BCUT2D eigenvalue weighted by Gasteiger charge is -2.37. The number of allylic oxidation sites excluding steroid dienone is 2. The molecule has 2 fully saturated rings. The van der Waals surface area contributed by atoms with Crippen molar-refractivity contribution in [2.45, 2.75) is 109 Å². The van der Waals surface area contributed by atoms with Crippen molar-refractivity contribution < 1.29 is 24.2 Å². The Morgan fingerprint density at radius 3 is 1.16 bits per heavy atom. The van der Waals surface area contributed by atoms with Crippen molar-refractivity contribution in [3.63, 3.8) is 0 Å². The van der Waals surface area contributed by atoms with Crippen molar-refractivity contribution in [3.05, 3.63) is 298 Å². The van der Waals surface area contributed by atoms with E-state index in [1.807, 2.05) is 185 Å². The number of thiocarbonyl (C=S) groups is 1. The normalized spacial score (nSPS) is 23.7. The van der Waals surface area contributed by atoms with Crippen molar-refractivity contribution in [3.8, 4) is 0 Å². The first-order valence-corrected chi connectivity index (χ1v) is 39.4. The summed E-state index contributed by atoms with van der Waals surface area (Å²) in [5.74, 6) is -1.02. The molecule has 6 aliphatic heterocycles. The zero-order valence-electron chi connectivity index (χ0n) is 56.8. The third-order valence-corrected chi connectivity index (χ3v) is 24.2. The largest absolute Gasteiger partial charge is 0.477 e. The maximum atomic E-state index is 12.7. The Bertz CT molecular complexity index is 4480. The third kappa shape index (κ3) is 16.0. The van der Waals surface area contributed by atoms with Gasteiger partial charge in [-0.15, -0.1) is 0 Å². The van der Waals surface area contributed by atoms with Crippen LogP contribution < -0.4 is 21.3 Å². The van der Waals surface area contributed by atoms with Crippen LogP contribution in [-0.4, -0.2) is 54.9 Å². The molecule has 2 amide bonds. The highest BCUT2D eigenvalue weighted by molar-refractivity contribution is 9.11. The molecular weight excluding hydrogens is 1690 g/mol. The van der Waals surface area contributed by atoms with Gasteiger partial charge in [0.1, 0.15) is 20.9 Å².